The Balaban J connectivity index is 1.66. The molecule has 2 aromatic rings. The van der Waals surface area contributed by atoms with E-state index in [1.165, 1.54) is 13.2 Å². The third-order valence-corrected chi connectivity index (χ3v) is 5.84. The van der Waals surface area contributed by atoms with Crippen molar-refractivity contribution in [3.8, 4) is 11.5 Å². The van der Waals surface area contributed by atoms with Crippen LogP contribution >= 0.6 is 0 Å². The number of aromatic hydroxyl groups is 1. The number of esters is 1. The third kappa shape index (κ3) is 5.63. The van der Waals surface area contributed by atoms with Crippen molar-refractivity contribution in [2.45, 2.75) is 45.2 Å². The van der Waals surface area contributed by atoms with Gasteiger partial charge in [-0.05, 0) is 61.6 Å². The van der Waals surface area contributed by atoms with Gasteiger partial charge < -0.3 is 19.5 Å². The van der Waals surface area contributed by atoms with E-state index < -0.39 is 23.2 Å². The molecule has 0 aromatic heterocycles. The van der Waals surface area contributed by atoms with E-state index >= 15 is 0 Å². The molecule has 0 radical (unpaired) electrons. The Morgan fingerprint density at radius 2 is 2.00 bits per heavy atom. The van der Waals surface area contributed by atoms with Gasteiger partial charge in [-0.25, -0.2) is 4.79 Å². The van der Waals surface area contributed by atoms with E-state index in [0.717, 1.165) is 36.7 Å². The van der Waals surface area contributed by atoms with Crippen molar-refractivity contribution in [1.82, 2.24) is 0 Å². The Hall–Kier alpha value is -3.23. The molecule has 1 aliphatic rings. The van der Waals surface area contributed by atoms with Gasteiger partial charge in [0.15, 0.2) is 0 Å². The number of carbonyl (C=O) groups is 1. The molecule has 1 aliphatic heterocycles. The van der Waals surface area contributed by atoms with Crippen LogP contribution in [-0.4, -0.2) is 49.8 Å². The van der Waals surface area contributed by atoms with Crippen molar-refractivity contribution in [3.63, 3.8) is 0 Å². The van der Waals surface area contributed by atoms with Crippen molar-refractivity contribution in [1.29, 1.82) is 5.41 Å². The molecule has 0 bridgehead atoms. The third-order valence-electron chi connectivity index (χ3n) is 5.84. The second-order valence-corrected chi connectivity index (χ2v) is 8.19. The minimum absolute atomic E-state index is 0.285. The minimum atomic E-state index is -4.84. The second-order valence-electron chi connectivity index (χ2n) is 8.19. The van der Waals surface area contributed by atoms with Crippen LogP contribution in [0.15, 0.2) is 30.3 Å². The van der Waals surface area contributed by atoms with Gasteiger partial charge in [0.2, 0.25) is 0 Å². The number of rotatable bonds is 9. The normalized spacial score (nSPS) is 13.4. The highest BCUT2D eigenvalue weighted by Gasteiger charge is 2.37. The number of benzene rings is 2. The lowest BCUT2D eigenvalue weighted by Gasteiger charge is -2.31. The molecule has 2 aromatic carbocycles. The van der Waals surface area contributed by atoms with Gasteiger partial charge in [-0.2, -0.15) is 13.2 Å². The lowest BCUT2D eigenvalue weighted by molar-refractivity contribution is -0.0588. The van der Waals surface area contributed by atoms with Crippen molar-refractivity contribution < 1.29 is 32.5 Å². The van der Waals surface area contributed by atoms with Crippen LogP contribution in [0.1, 0.15) is 53.2 Å². The molecule has 0 amide bonds. The fourth-order valence-corrected chi connectivity index (χ4v) is 4.19. The van der Waals surface area contributed by atoms with E-state index in [0.29, 0.717) is 43.7 Å². The highest BCUT2D eigenvalue weighted by molar-refractivity contribution is 6.04. The van der Waals surface area contributed by atoms with Crippen molar-refractivity contribution >= 4 is 17.4 Å². The molecule has 2 N–H and O–H groups in total. The summed E-state index contributed by atoms with van der Waals surface area (Å²) in [5.74, 6) is -0.580. The topological polar surface area (TPSA) is 82.8 Å². The van der Waals surface area contributed by atoms with Crippen molar-refractivity contribution in [2.24, 2.45) is 0 Å². The van der Waals surface area contributed by atoms with Gasteiger partial charge in [0.1, 0.15) is 17.2 Å². The van der Waals surface area contributed by atoms with Crippen LogP contribution in [0, 0.1) is 5.41 Å². The maximum Gasteiger partial charge on any atom is 0.433 e. The first-order valence-electron chi connectivity index (χ1n) is 11.3. The molecule has 0 spiro atoms. The van der Waals surface area contributed by atoms with Gasteiger partial charge in [-0.1, -0.05) is 13.3 Å². The van der Waals surface area contributed by atoms with Gasteiger partial charge in [0, 0.05) is 29.9 Å². The number of methoxy groups -OCH3 is 1. The molecule has 0 saturated heterocycles. The number of hydrogen-bond donors (Lipinski definition) is 2. The molecule has 0 saturated carbocycles. The van der Waals surface area contributed by atoms with Crippen LogP contribution < -0.4 is 9.64 Å². The Labute approximate surface area is 196 Å². The molecule has 3 rings (SSSR count). The van der Waals surface area contributed by atoms with Crippen LogP contribution in [-0.2, 0) is 17.6 Å². The fourth-order valence-electron chi connectivity index (χ4n) is 4.19. The summed E-state index contributed by atoms with van der Waals surface area (Å²) in [4.78, 5) is 14.0. The van der Waals surface area contributed by atoms with E-state index in [1.807, 2.05) is 19.1 Å². The zero-order valence-electron chi connectivity index (χ0n) is 19.3. The zero-order chi connectivity index (χ0) is 24.9. The van der Waals surface area contributed by atoms with Gasteiger partial charge in [-0.3, -0.25) is 5.41 Å². The smallest absolute Gasteiger partial charge is 0.433 e. The van der Waals surface area contributed by atoms with Gasteiger partial charge >= 0.3 is 12.1 Å². The summed E-state index contributed by atoms with van der Waals surface area (Å²) in [6, 6.07) is 8.01. The molecule has 9 heteroatoms. The number of carbonyl (C=O) groups excluding carboxylic acids is 1. The monoisotopic (exact) mass is 478 g/mol. The van der Waals surface area contributed by atoms with E-state index in [4.69, 9.17) is 14.9 Å². The first kappa shape index (κ1) is 25.4. The number of phenolic OH excluding ortho intramolecular Hbond substituents is 1. The molecule has 0 unspecified atom stereocenters. The summed E-state index contributed by atoms with van der Waals surface area (Å²) < 4.78 is 49.5. The highest BCUT2D eigenvalue weighted by atomic mass is 19.4. The predicted octanol–water partition coefficient (Wildman–Crippen LogP) is 5.28. The number of nitrogens with one attached hydrogen (secondary N) is 1. The maximum absolute atomic E-state index is 12.9. The van der Waals surface area contributed by atoms with Gasteiger partial charge in [0.05, 0.1) is 19.3 Å². The second kappa shape index (κ2) is 10.8. The number of anilines is 1. The van der Waals surface area contributed by atoms with Crippen LogP contribution in [0.2, 0.25) is 0 Å². The average molecular weight is 479 g/mol. The van der Waals surface area contributed by atoms with Crippen molar-refractivity contribution in [2.75, 3.05) is 31.7 Å². The molecule has 6 nitrogen and oxygen atoms in total. The quantitative estimate of drug-likeness (QED) is 0.291. The van der Waals surface area contributed by atoms with E-state index in [9.17, 15) is 23.1 Å². The molecule has 184 valence electrons. The first-order chi connectivity index (χ1) is 16.2. The molecule has 0 aliphatic carbocycles. The summed E-state index contributed by atoms with van der Waals surface area (Å²) in [6.07, 6.45) is -1.41. The zero-order valence-corrected chi connectivity index (χ0v) is 19.3. The summed E-state index contributed by atoms with van der Waals surface area (Å²) in [6.45, 7) is 3.75. The summed E-state index contributed by atoms with van der Waals surface area (Å²) in [5.41, 5.74) is 0.850. The van der Waals surface area contributed by atoms with Crippen molar-refractivity contribution in [3.05, 3.63) is 52.6 Å². The number of hydrogen-bond acceptors (Lipinski definition) is 6. The van der Waals surface area contributed by atoms with Gasteiger partial charge in [0.25, 0.3) is 0 Å². The number of ether oxygens (including phenoxy) is 2. The number of aryl methyl sites for hydroxylation is 1. The molecular weight excluding hydrogens is 449 g/mol. The Kier molecular flexibility index (Phi) is 8.06. The van der Waals surface area contributed by atoms with E-state index in [2.05, 4.69) is 4.90 Å². The standard InChI is InChI=1S/C25H29F3N2O4/c1-3-6-18-21(11-9-19(22(18)31)23(29)25(26,27)28)34-14-5-13-30-12-4-7-16-15-17(24(32)33-2)8-10-20(16)30/h8-11,15,29,31H,3-7,12-14H2,1-2H3. The lowest BCUT2D eigenvalue weighted by Crippen LogP contribution is -2.31. The number of fused-ring (bicyclic) bond motifs is 1. The summed E-state index contributed by atoms with van der Waals surface area (Å²) in [7, 11) is 1.35. The Morgan fingerprint density at radius 1 is 1.24 bits per heavy atom. The molecule has 1 heterocycles. The lowest BCUT2D eigenvalue weighted by atomic mass is 9.99. The summed E-state index contributed by atoms with van der Waals surface area (Å²) in [5, 5.41) is 17.8. The molecular formula is C25H29F3N2O4. The number of alkyl halides is 3. The predicted molar refractivity (Wildman–Crippen MR) is 123 cm³/mol. The number of nitrogens with zero attached hydrogens (tertiary/aromatic N) is 1. The van der Waals surface area contributed by atoms with E-state index in [-0.39, 0.29) is 11.5 Å². The molecule has 0 fully saturated rings. The van der Waals surface area contributed by atoms with Crippen LogP contribution in [0.25, 0.3) is 0 Å². The SMILES string of the molecule is CCCc1c(OCCCN2CCCc3cc(C(=O)OC)ccc32)ccc(C(=N)C(F)(F)F)c1O. The largest absolute Gasteiger partial charge is 0.507 e. The number of halogens is 3. The Bertz CT molecular complexity index is 1050. The molecule has 0 atom stereocenters. The summed E-state index contributed by atoms with van der Waals surface area (Å²) >= 11 is 0. The average Bonchev–Trinajstić information content (AvgIpc) is 2.82. The van der Waals surface area contributed by atoms with Crippen LogP contribution in [0.4, 0.5) is 18.9 Å². The minimum Gasteiger partial charge on any atom is -0.507 e. The molecule has 34 heavy (non-hydrogen) atoms. The van der Waals surface area contributed by atoms with Crippen LogP contribution in [0.3, 0.4) is 0 Å². The van der Waals surface area contributed by atoms with Crippen LogP contribution in [0.5, 0.6) is 11.5 Å². The first-order valence-corrected chi connectivity index (χ1v) is 11.3. The number of phenols is 1. The van der Waals surface area contributed by atoms with E-state index in [1.54, 1.807) is 6.07 Å². The Morgan fingerprint density at radius 3 is 2.68 bits per heavy atom. The fraction of sp³-hybridized carbons (Fsp3) is 0.440. The highest BCUT2D eigenvalue weighted by Crippen LogP contribution is 2.36. The maximum atomic E-state index is 12.9. The van der Waals surface area contributed by atoms with Gasteiger partial charge in [-0.15, -0.1) is 0 Å².